The lowest BCUT2D eigenvalue weighted by Gasteiger charge is -2.14. The topological polar surface area (TPSA) is 51.8 Å². The first-order chi connectivity index (χ1) is 8.00. The summed E-state index contributed by atoms with van der Waals surface area (Å²) in [6.45, 7) is 8.26. The Morgan fingerprint density at radius 3 is 2.00 bits per heavy atom. The molecule has 0 radical (unpaired) electrons. The molecule has 0 amide bonds. The Morgan fingerprint density at radius 1 is 0.882 bits per heavy atom. The summed E-state index contributed by atoms with van der Waals surface area (Å²) in [5.41, 5.74) is 12.7. The number of rotatable bonds is 1. The largest absolute Gasteiger partial charge is 0.383 e. The summed E-state index contributed by atoms with van der Waals surface area (Å²) >= 11 is 0. The van der Waals surface area contributed by atoms with Gasteiger partial charge in [-0.25, -0.2) is 9.97 Å². The number of nitrogens with two attached hydrogens (primary N) is 1. The second-order valence-electron chi connectivity index (χ2n) is 4.49. The van der Waals surface area contributed by atoms with E-state index in [0.717, 1.165) is 16.8 Å². The molecule has 3 nitrogen and oxygen atoms in total. The predicted octanol–water partition coefficient (Wildman–Crippen LogP) is 2.96. The zero-order valence-corrected chi connectivity index (χ0v) is 10.7. The van der Waals surface area contributed by atoms with Crippen LogP contribution >= 0.6 is 0 Å². The van der Waals surface area contributed by atoms with Crippen molar-refractivity contribution in [2.75, 3.05) is 5.73 Å². The van der Waals surface area contributed by atoms with Crippen LogP contribution in [0.25, 0.3) is 11.1 Å². The maximum atomic E-state index is 5.98. The lowest BCUT2D eigenvalue weighted by Crippen LogP contribution is -2.01. The van der Waals surface area contributed by atoms with E-state index in [2.05, 4.69) is 42.9 Å². The van der Waals surface area contributed by atoms with Gasteiger partial charge in [-0.05, 0) is 44.4 Å². The van der Waals surface area contributed by atoms with E-state index in [4.69, 9.17) is 5.73 Å². The Balaban J connectivity index is 2.77. The second kappa shape index (κ2) is 4.17. The number of aryl methyl sites for hydroxylation is 4. The minimum absolute atomic E-state index is 0.549. The first kappa shape index (κ1) is 11.6. The Hall–Kier alpha value is -1.90. The zero-order valence-electron chi connectivity index (χ0n) is 10.7. The smallest absolute Gasteiger partial charge is 0.134 e. The quantitative estimate of drug-likeness (QED) is 0.814. The van der Waals surface area contributed by atoms with Gasteiger partial charge in [0, 0.05) is 5.56 Å². The lowest BCUT2D eigenvalue weighted by molar-refractivity contribution is 1.11. The van der Waals surface area contributed by atoms with Gasteiger partial charge < -0.3 is 5.73 Å². The Morgan fingerprint density at radius 2 is 1.47 bits per heavy atom. The minimum Gasteiger partial charge on any atom is -0.383 e. The third kappa shape index (κ3) is 2.00. The Labute approximate surface area is 102 Å². The number of benzene rings is 1. The normalized spacial score (nSPS) is 10.6. The summed E-state index contributed by atoms with van der Waals surface area (Å²) in [6, 6.07) is 4.32. The van der Waals surface area contributed by atoms with Gasteiger partial charge in [0.1, 0.15) is 12.1 Å². The summed E-state index contributed by atoms with van der Waals surface area (Å²) in [5, 5.41) is 0. The molecule has 1 aromatic heterocycles. The van der Waals surface area contributed by atoms with Crippen LogP contribution in [0.15, 0.2) is 18.5 Å². The molecule has 3 heteroatoms. The summed E-state index contributed by atoms with van der Waals surface area (Å²) in [7, 11) is 0. The van der Waals surface area contributed by atoms with Crippen LogP contribution < -0.4 is 5.73 Å². The number of hydrogen-bond donors (Lipinski definition) is 1. The van der Waals surface area contributed by atoms with Gasteiger partial charge in [0.15, 0.2) is 0 Å². The van der Waals surface area contributed by atoms with E-state index in [1.54, 1.807) is 0 Å². The summed E-state index contributed by atoms with van der Waals surface area (Å²) < 4.78 is 0. The van der Waals surface area contributed by atoms with E-state index < -0.39 is 0 Å². The van der Waals surface area contributed by atoms with Gasteiger partial charge in [0.25, 0.3) is 0 Å². The molecule has 0 aliphatic rings. The van der Waals surface area contributed by atoms with Gasteiger partial charge in [-0.3, -0.25) is 0 Å². The zero-order chi connectivity index (χ0) is 12.6. The van der Waals surface area contributed by atoms with Crippen molar-refractivity contribution >= 4 is 5.82 Å². The molecule has 0 aliphatic heterocycles. The molecule has 2 rings (SSSR count). The Kier molecular flexibility index (Phi) is 2.84. The standard InChI is InChI=1S/C14H17N3/c1-8-5-9(2)12(10(3)6-8)13-11(4)16-7-17-14(13)15/h5-7H,1-4H3,(H2,15,16,17). The monoisotopic (exact) mass is 227 g/mol. The molecular weight excluding hydrogens is 210 g/mol. The van der Waals surface area contributed by atoms with E-state index in [1.165, 1.54) is 23.0 Å². The lowest BCUT2D eigenvalue weighted by atomic mass is 9.93. The molecule has 2 aromatic rings. The van der Waals surface area contributed by atoms with E-state index in [9.17, 15) is 0 Å². The molecule has 0 unspecified atom stereocenters. The van der Waals surface area contributed by atoms with Crippen molar-refractivity contribution < 1.29 is 0 Å². The fourth-order valence-electron chi connectivity index (χ4n) is 2.38. The summed E-state index contributed by atoms with van der Waals surface area (Å²) in [5.74, 6) is 0.549. The van der Waals surface area contributed by atoms with Crippen molar-refractivity contribution in [3.05, 3.63) is 40.8 Å². The molecule has 0 saturated carbocycles. The maximum absolute atomic E-state index is 5.98. The molecule has 17 heavy (non-hydrogen) atoms. The summed E-state index contributed by atoms with van der Waals surface area (Å²) in [4.78, 5) is 8.32. The van der Waals surface area contributed by atoms with Crippen LogP contribution in [0.5, 0.6) is 0 Å². The highest BCUT2D eigenvalue weighted by Gasteiger charge is 2.13. The first-order valence-electron chi connectivity index (χ1n) is 5.66. The summed E-state index contributed by atoms with van der Waals surface area (Å²) in [6.07, 6.45) is 1.51. The van der Waals surface area contributed by atoms with Gasteiger partial charge in [-0.15, -0.1) is 0 Å². The van der Waals surface area contributed by atoms with Gasteiger partial charge in [0.05, 0.1) is 5.69 Å². The average Bonchev–Trinajstić information content (AvgIpc) is 2.21. The van der Waals surface area contributed by atoms with E-state index >= 15 is 0 Å². The number of nitrogens with zero attached hydrogens (tertiary/aromatic N) is 2. The van der Waals surface area contributed by atoms with Crippen LogP contribution in [-0.4, -0.2) is 9.97 Å². The van der Waals surface area contributed by atoms with E-state index in [0.29, 0.717) is 5.82 Å². The fourth-order valence-corrected chi connectivity index (χ4v) is 2.38. The number of hydrogen-bond acceptors (Lipinski definition) is 3. The third-order valence-corrected chi connectivity index (χ3v) is 2.99. The van der Waals surface area contributed by atoms with Crippen molar-refractivity contribution in [1.29, 1.82) is 0 Å². The second-order valence-corrected chi connectivity index (χ2v) is 4.49. The van der Waals surface area contributed by atoms with Crippen LogP contribution in [0.1, 0.15) is 22.4 Å². The van der Waals surface area contributed by atoms with Gasteiger partial charge in [-0.1, -0.05) is 17.7 Å². The van der Waals surface area contributed by atoms with Crippen molar-refractivity contribution in [3.63, 3.8) is 0 Å². The van der Waals surface area contributed by atoms with Crippen LogP contribution in [0.4, 0.5) is 5.82 Å². The van der Waals surface area contributed by atoms with Gasteiger partial charge >= 0.3 is 0 Å². The van der Waals surface area contributed by atoms with Crippen LogP contribution in [0, 0.1) is 27.7 Å². The maximum Gasteiger partial charge on any atom is 0.134 e. The number of anilines is 1. The highest BCUT2D eigenvalue weighted by molar-refractivity contribution is 5.80. The molecule has 0 aliphatic carbocycles. The van der Waals surface area contributed by atoms with Gasteiger partial charge in [0.2, 0.25) is 0 Å². The average molecular weight is 227 g/mol. The van der Waals surface area contributed by atoms with Crippen molar-refractivity contribution in [2.45, 2.75) is 27.7 Å². The minimum atomic E-state index is 0.549. The molecule has 88 valence electrons. The number of nitrogen functional groups attached to an aromatic ring is 1. The van der Waals surface area contributed by atoms with Crippen molar-refractivity contribution in [2.24, 2.45) is 0 Å². The highest BCUT2D eigenvalue weighted by atomic mass is 14.9. The van der Waals surface area contributed by atoms with Crippen LogP contribution in [0.3, 0.4) is 0 Å². The molecule has 1 heterocycles. The molecular formula is C14H17N3. The molecule has 0 bridgehead atoms. The first-order valence-corrected chi connectivity index (χ1v) is 5.66. The predicted molar refractivity (Wildman–Crippen MR) is 70.8 cm³/mol. The van der Waals surface area contributed by atoms with Crippen LogP contribution in [0.2, 0.25) is 0 Å². The fraction of sp³-hybridized carbons (Fsp3) is 0.286. The van der Waals surface area contributed by atoms with E-state index in [-0.39, 0.29) is 0 Å². The molecule has 2 N–H and O–H groups in total. The molecule has 0 spiro atoms. The van der Waals surface area contributed by atoms with Gasteiger partial charge in [-0.2, -0.15) is 0 Å². The third-order valence-electron chi connectivity index (χ3n) is 2.99. The molecule has 0 saturated heterocycles. The molecule has 0 atom stereocenters. The Bertz CT molecular complexity index is 530. The molecule has 1 aromatic carbocycles. The van der Waals surface area contributed by atoms with Crippen molar-refractivity contribution in [1.82, 2.24) is 9.97 Å². The highest BCUT2D eigenvalue weighted by Crippen LogP contribution is 2.32. The van der Waals surface area contributed by atoms with E-state index in [1.807, 2.05) is 6.92 Å². The van der Waals surface area contributed by atoms with Crippen molar-refractivity contribution in [3.8, 4) is 11.1 Å². The van der Waals surface area contributed by atoms with Crippen LogP contribution in [-0.2, 0) is 0 Å². The SMILES string of the molecule is Cc1cc(C)c(-c2c(C)ncnc2N)c(C)c1. The molecule has 0 fully saturated rings. The number of aromatic nitrogens is 2.